The number of anilines is 1. The zero-order valence-corrected chi connectivity index (χ0v) is 13.2. The van der Waals surface area contributed by atoms with Gasteiger partial charge in [0.1, 0.15) is 17.5 Å². The monoisotopic (exact) mass is 325 g/mol. The average Bonchev–Trinajstić information content (AvgIpc) is 2.61. The molecule has 3 aromatic rings. The minimum absolute atomic E-state index is 0.364. The van der Waals surface area contributed by atoms with Gasteiger partial charge in [-0.1, -0.05) is 6.07 Å². The largest absolute Gasteiger partial charge is 0.355 e. The molecule has 2 heterocycles. The fraction of sp³-hybridized carbons (Fsp3) is 0.263. The molecule has 1 aliphatic rings. The van der Waals surface area contributed by atoms with Gasteiger partial charge in [0.15, 0.2) is 0 Å². The smallest absolute Gasteiger partial charge is 0.147 e. The standard InChI is InChI=1S/C19H17F2N3/c20-14-5-6-15(16(21)11-14)13-4-7-17-18(10-13)23-19(12-22-17)24-8-2-1-3-9-24/h4-7,10-12H,1-3,8-9H2. The average molecular weight is 325 g/mol. The highest BCUT2D eigenvalue weighted by atomic mass is 19.1. The third kappa shape index (κ3) is 2.82. The predicted octanol–water partition coefficient (Wildman–Crippen LogP) is 4.57. The van der Waals surface area contributed by atoms with E-state index in [4.69, 9.17) is 4.98 Å². The maximum atomic E-state index is 14.0. The maximum absolute atomic E-state index is 14.0. The van der Waals surface area contributed by atoms with Crippen LogP contribution >= 0.6 is 0 Å². The fourth-order valence-electron chi connectivity index (χ4n) is 3.17. The molecule has 0 saturated carbocycles. The maximum Gasteiger partial charge on any atom is 0.147 e. The molecule has 24 heavy (non-hydrogen) atoms. The molecule has 1 aromatic heterocycles. The number of fused-ring (bicyclic) bond motifs is 1. The Balaban J connectivity index is 1.75. The number of hydrogen-bond acceptors (Lipinski definition) is 3. The summed E-state index contributed by atoms with van der Waals surface area (Å²) in [6.45, 7) is 1.99. The number of aromatic nitrogens is 2. The third-order valence-corrected chi connectivity index (χ3v) is 4.45. The molecule has 4 rings (SSSR count). The predicted molar refractivity (Wildman–Crippen MR) is 91.0 cm³/mol. The van der Waals surface area contributed by atoms with Gasteiger partial charge >= 0.3 is 0 Å². The van der Waals surface area contributed by atoms with E-state index in [-0.39, 0.29) is 0 Å². The summed E-state index contributed by atoms with van der Waals surface area (Å²) < 4.78 is 27.1. The van der Waals surface area contributed by atoms with Crippen LogP contribution in [0.2, 0.25) is 0 Å². The summed E-state index contributed by atoms with van der Waals surface area (Å²) in [6.07, 6.45) is 5.39. The Morgan fingerprint density at radius 2 is 1.71 bits per heavy atom. The van der Waals surface area contributed by atoms with E-state index in [1.807, 2.05) is 12.1 Å². The zero-order valence-electron chi connectivity index (χ0n) is 13.2. The molecule has 0 bridgehead atoms. The first-order chi connectivity index (χ1) is 11.7. The SMILES string of the molecule is Fc1ccc(-c2ccc3ncc(N4CCCCC4)nc3c2)c(F)c1. The van der Waals surface area contributed by atoms with Crippen LogP contribution in [-0.4, -0.2) is 23.1 Å². The van der Waals surface area contributed by atoms with Gasteiger partial charge in [-0.05, 0) is 49.1 Å². The van der Waals surface area contributed by atoms with E-state index in [0.29, 0.717) is 11.1 Å². The highest BCUT2D eigenvalue weighted by molar-refractivity contribution is 5.82. The molecule has 0 amide bonds. The van der Waals surface area contributed by atoms with Gasteiger partial charge in [0.25, 0.3) is 0 Å². The lowest BCUT2D eigenvalue weighted by Crippen LogP contribution is -2.30. The molecule has 2 aromatic carbocycles. The van der Waals surface area contributed by atoms with Gasteiger partial charge in [-0.15, -0.1) is 0 Å². The van der Waals surface area contributed by atoms with Crippen molar-refractivity contribution in [3.05, 3.63) is 54.2 Å². The minimum atomic E-state index is -0.579. The quantitative estimate of drug-likeness (QED) is 0.691. The molecule has 122 valence electrons. The Morgan fingerprint density at radius 3 is 2.50 bits per heavy atom. The Kier molecular flexibility index (Phi) is 3.84. The summed E-state index contributed by atoms with van der Waals surface area (Å²) in [6, 6.07) is 9.03. The first-order valence-corrected chi connectivity index (χ1v) is 8.18. The van der Waals surface area contributed by atoms with Crippen LogP contribution in [0, 0.1) is 11.6 Å². The molecule has 0 N–H and O–H groups in total. The highest BCUT2D eigenvalue weighted by Gasteiger charge is 2.14. The molecule has 0 unspecified atom stereocenters. The van der Waals surface area contributed by atoms with E-state index < -0.39 is 11.6 Å². The molecule has 5 heteroatoms. The lowest BCUT2D eigenvalue weighted by molar-refractivity contribution is 0.573. The highest BCUT2D eigenvalue weighted by Crippen LogP contribution is 2.27. The minimum Gasteiger partial charge on any atom is -0.355 e. The van der Waals surface area contributed by atoms with Gasteiger partial charge in [0, 0.05) is 24.7 Å². The third-order valence-electron chi connectivity index (χ3n) is 4.45. The molecule has 1 aliphatic heterocycles. The number of halogens is 2. The molecular weight excluding hydrogens is 308 g/mol. The molecule has 0 aliphatic carbocycles. The molecule has 1 fully saturated rings. The molecular formula is C19H17F2N3. The summed E-state index contributed by atoms with van der Waals surface area (Å²) >= 11 is 0. The van der Waals surface area contributed by atoms with Gasteiger partial charge in [0.05, 0.1) is 17.2 Å². The van der Waals surface area contributed by atoms with Crippen molar-refractivity contribution in [2.45, 2.75) is 19.3 Å². The summed E-state index contributed by atoms with van der Waals surface area (Å²) in [4.78, 5) is 11.4. The fourth-order valence-corrected chi connectivity index (χ4v) is 3.17. The number of piperidine rings is 1. The summed E-state index contributed by atoms with van der Waals surface area (Å²) in [5.41, 5.74) is 2.52. The molecule has 0 radical (unpaired) electrons. The molecule has 0 spiro atoms. The first kappa shape index (κ1) is 15.0. The molecule has 3 nitrogen and oxygen atoms in total. The molecule has 0 atom stereocenters. The number of hydrogen-bond donors (Lipinski definition) is 0. The van der Waals surface area contributed by atoms with Crippen molar-refractivity contribution in [1.82, 2.24) is 9.97 Å². The number of benzene rings is 2. The Morgan fingerprint density at radius 1 is 0.875 bits per heavy atom. The van der Waals surface area contributed by atoms with Gasteiger partial charge in [-0.2, -0.15) is 0 Å². The van der Waals surface area contributed by atoms with Crippen LogP contribution in [0.3, 0.4) is 0 Å². The van der Waals surface area contributed by atoms with Crippen LogP contribution in [0.15, 0.2) is 42.6 Å². The van der Waals surface area contributed by atoms with Gasteiger partial charge in [-0.3, -0.25) is 4.98 Å². The lowest BCUT2D eigenvalue weighted by Gasteiger charge is -2.27. The van der Waals surface area contributed by atoms with Gasteiger partial charge in [0.2, 0.25) is 0 Å². The van der Waals surface area contributed by atoms with Crippen LogP contribution in [0.1, 0.15) is 19.3 Å². The molecule has 1 saturated heterocycles. The Labute approximate surface area is 139 Å². The van der Waals surface area contributed by atoms with E-state index in [1.165, 1.54) is 31.4 Å². The normalized spacial score (nSPS) is 15.0. The van der Waals surface area contributed by atoms with E-state index in [2.05, 4.69) is 9.88 Å². The Hall–Kier alpha value is -2.56. The lowest BCUT2D eigenvalue weighted by atomic mass is 10.0. The zero-order chi connectivity index (χ0) is 16.5. The van der Waals surface area contributed by atoms with Crippen molar-refractivity contribution in [1.29, 1.82) is 0 Å². The van der Waals surface area contributed by atoms with Crippen LogP contribution in [0.4, 0.5) is 14.6 Å². The van der Waals surface area contributed by atoms with Crippen LogP contribution in [0.25, 0.3) is 22.2 Å². The van der Waals surface area contributed by atoms with Crippen molar-refractivity contribution in [3.8, 4) is 11.1 Å². The van der Waals surface area contributed by atoms with Crippen molar-refractivity contribution in [2.24, 2.45) is 0 Å². The topological polar surface area (TPSA) is 29.0 Å². The van der Waals surface area contributed by atoms with Crippen LogP contribution < -0.4 is 4.90 Å². The number of rotatable bonds is 2. The van der Waals surface area contributed by atoms with Crippen molar-refractivity contribution >= 4 is 16.9 Å². The number of nitrogens with zero attached hydrogens (tertiary/aromatic N) is 3. The summed E-state index contributed by atoms with van der Waals surface area (Å²) in [7, 11) is 0. The Bertz CT molecular complexity index is 889. The first-order valence-electron chi connectivity index (χ1n) is 8.18. The van der Waals surface area contributed by atoms with Crippen LogP contribution in [0.5, 0.6) is 0 Å². The second kappa shape index (κ2) is 6.15. The van der Waals surface area contributed by atoms with Crippen molar-refractivity contribution in [3.63, 3.8) is 0 Å². The van der Waals surface area contributed by atoms with Crippen molar-refractivity contribution < 1.29 is 8.78 Å². The van der Waals surface area contributed by atoms with E-state index in [9.17, 15) is 8.78 Å². The van der Waals surface area contributed by atoms with E-state index >= 15 is 0 Å². The summed E-state index contributed by atoms with van der Waals surface area (Å²) in [5.74, 6) is -0.294. The van der Waals surface area contributed by atoms with Crippen molar-refractivity contribution in [2.75, 3.05) is 18.0 Å². The second-order valence-corrected chi connectivity index (χ2v) is 6.10. The second-order valence-electron chi connectivity index (χ2n) is 6.10. The van der Waals surface area contributed by atoms with E-state index in [1.54, 1.807) is 12.3 Å². The van der Waals surface area contributed by atoms with Gasteiger partial charge < -0.3 is 4.90 Å². The van der Waals surface area contributed by atoms with Gasteiger partial charge in [-0.25, -0.2) is 13.8 Å². The van der Waals surface area contributed by atoms with Crippen LogP contribution in [-0.2, 0) is 0 Å². The summed E-state index contributed by atoms with van der Waals surface area (Å²) in [5, 5.41) is 0. The van der Waals surface area contributed by atoms with E-state index in [0.717, 1.165) is 36.0 Å².